The standard InChI is InChI=1S/C29H31N7/c1-2-3-9-20-36-28(30-27(33-36)19-16-22-10-5-4-6-11-22)21-23-14-17-24(18-15-23)25-12-7-8-13-26(25)29-31-34-35-32-29/h4-8,10-15,17-18H,2-3,9,16,19-21H2,1H3,(H,31,32,34,35). The first-order chi connectivity index (χ1) is 17.8. The number of nitrogens with one attached hydrogen (secondary N) is 1. The van der Waals surface area contributed by atoms with Gasteiger partial charge in [0.25, 0.3) is 0 Å². The van der Waals surface area contributed by atoms with Gasteiger partial charge in [-0.3, -0.25) is 0 Å². The summed E-state index contributed by atoms with van der Waals surface area (Å²) < 4.78 is 2.12. The molecule has 2 heterocycles. The molecule has 0 fully saturated rings. The van der Waals surface area contributed by atoms with E-state index in [4.69, 9.17) is 10.1 Å². The van der Waals surface area contributed by atoms with E-state index in [1.807, 2.05) is 18.2 Å². The zero-order chi connectivity index (χ0) is 24.6. The monoisotopic (exact) mass is 477 g/mol. The third-order valence-corrected chi connectivity index (χ3v) is 6.40. The maximum atomic E-state index is 4.95. The lowest BCUT2D eigenvalue weighted by Crippen LogP contribution is -2.07. The van der Waals surface area contributed by atoms with Gasteiger partial charge in [0.15, 0.2) is 11.6 Å². The summed E-state index contributed by atoms with van der Waals surface area (Å²) in [6, 6.07) is 27.4. The molecule has 0 radical (unpaired) electrons. The Labute approximate surface area is 211 Å². The Bertz CT molecular complexity index is 1360. The minimum atomic E-state index is 0.665. The van der Waals surface area contributed by atoms with Crippen LogP contribution in [-0.2, 0) is 25.8 Å². The Morgan fingerprint density at radius 3 is 2.31 bits per heavy atom. The number of unbranched alkanes of at least 4 members (excludes halogenated alkanes) is 2. The molecule has 5 aromatic rings. The first-order valence-corrected chi connectivity index (χ1v) is 12.7. The van der Waals surface area contributed by atoms with Crippen LogP contribution in [0, 0.1) is 0 Å². The molecule has 1 N–H and O–H groups in total. The second kappa shape index (κ2) is 11.5. The molecule has 3 aromatic carbocycles. The van der Waals surface area contributed by atoms with Crippen molar-refractivity contribution in [2.45, 2.75) is 52.0 Å². The number of nitrogens with zero attached hydrogens (tertiary/aromatic N) is 6. The van der Waals surface area contributed by atoms with E-state index in [1.54, 1.807) is 0 Å². The second-order valence-corrected chi connectivity index (χ2v) is 9.03. The molecule has 0 aliphatic heterocycles. The molecule has 5 rings (SSSR count). The van der Waals surface area contributed by atoms with Crippen molar-refractivity contribution in [1.29, 1.82) is 0 Å². The third-order valence-electron chi connectivity index (χ3n) is 6.40. The van der Waals surface area contributed by atoms with Gasteiger partial charge in [-0.05, 0) is 45.5 Å². The fourth-order valence-corrected chi connectivity index (χ4v) is 4.45. The summed E-state index contributed by atoms with van der Waals surface area (Å²) in [6.07, 6.45) is 6.08. The molecule has 0 atom stereocenters. The molecule has 182 valence electrons. The molecule has 7 nitrogen and oxygen atoms in total. The molecular formula is C29H31N7. The Hall–Kier alpha value is -4.13. The quantitative estimate of drug-likeness (QED) is 0.247. The van der Waals surface area contributed by atoms with E-state index in [-0.39, 0.29) is 0 Å². The lowest BCUT2D eigenvalue weighted by atomic mass is 9.98. The van der Waals surface area contributed by atoms with Gasteiger partial charge in [0.2, 0.25) is 0 Å². The summed E-state index contributed by atoms with van der Waals surface area (Å²) in [7, 11) is 0. The first-order valence-electron chi connectivity index (χ1n) is 12.7. The summed E-state index contributed by atoms with van der Waals surface area (Å²) in [5.41, 5.74) is 5.73. The predicted octanol–water partition coefficient (Wildman–Crippen LogP) is 5.69. The van der Waals surface area contributed by atoms with Gasteiger partial charge in [-0.2, -0.15) is 5.10 Å². The van der Waals surface area contributed by atoms with Crippen LogP contribution in [-0.4, -0.2) is 35.4 Å². The van der Waals surface area contributed by atoms with Crippen molar-refractivity contribution < 1.29 is 0 Å². The normalized spacial score (nSPS) is 11.1. The molecule has 36 heavy (non-hydrogen) atoms. The number of tetrazole rings is 1. The highest BCUT2D eigenvalue weighted by Crippen LogP contribution is 2.30. The Morgan fingerprint density at radius 1 is 0.778 bits per heavy atom. The maximum Gasteiger partial charge on any atom is 0.180 e. The summed E-state index contributed by atoms with van der Waals surface area (Å²) >= 11 is 0. The van der Waals surface area contributed by atoms with Crippen molar-refractivity contribution >= 4 is 0 Å². The highest BCUT2D eigenvalue weighted by molar-refractivity contribution is 5.80. The molecule has 2 aromatic heterocycles. The topological polar surface area (TPSA) is 85.2 Å². The Balaban J connectivity index is 1.33. The van der Waals surface area contributed by atoms with E-state index in [0.29, 0.717) is 5.82 Å². The van der Waals surface area contributed by atoms with Crippen molar-refractivity contribution in [1.82, 2.24) is 35.4 Å². The van der Waals surface area contributed by atoms with Crippen LogP contribution in [0.15, 0.2) is 78.9 Å². The molecule has 0 bridgehead atoms. The summed E-state index contributed by atoms with van der Waals surface area (Å²) in [4.78, 5) is 4.95. The van der Waals surface area contributed by atoms with E-state index < -0.39 is 0 Å². The summed E-state index contributed by atoms with van der Waals surface area (Å²) in [5.74, 6) is 2.63. The van der Waals surface area contributed by atoms with Crippen LogP contribution < -0.4 is 0 Å². The molecule has 0 amide bonds. The third kappa shape index (κ3) is 5.74. The van der Waals surface area contributed by atoms with Gasteiger partial charge in [-0.1, -0.05) is 98.6 Å². The van der Waals surface area contributed by atoms with Gasteiger partial charge in [-0.15, -0.1) is 5.10 Å². The largest absolute Gasteiger partial charge is 0.249 e. The lowest BCUT2D eigenvalue weighted by molar-refractivity contribution is 0.531. The number of aromatic nitrogens is 7. The van der Waals surface area contributed by atoms with Crippen LogP contribution in [0.1, 0.15) is 49.0 Å². The highest BCUT2D eigenvalue weighted by Gasteiger charge is 2.13. The molecule has 0 saturated carbocycles. The molecule has 7 heteroatoms. The van der Waals surface area contributed by atoms with Gasteiger partial charge in [0, 0.05) is 24.9 Å². The zero-order valence-electron chi connectivity index (χ0n) is 20.6. The fourth-order valence-electron chi connectivity index (χ4n) is 4.45. The van der Waals surface area contributed by atoms with Gasteiger partial charge in [0.1, 0.15) is 5.82 Å². The zero-order valence-corrected chi connectivity index (χ0v) is 20.6. The van der Waals surface area contributed by atoms with E-state index >= 15 is 0 Å². The van der Waals surface area contributed by atoms with Gasteiger partial charge in [-0.25, -0.2) is 14.8 Å². The molecule has 0 unspecified atom stereocenters. The van der Waals surface area contributed by atoms with Crippen molar-refractivity contribution in [2.24, 2.45) is 0 Å². The van der Waals surface area contributed by atoms with Crippen molar-refractivity contribution in [2.75, 3.05) is 0 Å². The number of benzene rings is 3. The minimum Gasteiger partial charge on any atom is -0.249 e. The average Bonchev–Trinajstić information content (AvgIpc) is 3.59. The summed E-state index contributed by atoms with van der Waals surface area (Å²) in [5, 5.41) is 19.3. The van der Waals surface area contributed by atoms with Crippen LogP contribution in [0.5, 0.6) is 0 Å². The molecule has 0 aliphatic carbocycles. The number of aromatic amines is 1. The van der Waals surface area contributed by atoms with Crippen LogP contribution in [0.25, 0.3) is 22.5 Å². The van der Waals surface area contributed by atoms with Crippen LogP contribution >= 0.6 is 0 Å². The number of hydrogen-bond acceptors (Lipinski definition) is 5. The minimum absolute atomic E-state index is 0.665. The highest BCUT2D eigenvalue weighted by atomic mass is 15.5. The molecular weight excluding hydrogens is 446 g/mol. The van der Waals surface area contributed by atoms with Crippen molar-refractivity contribution in [3.63, 3.8) is 0 Å². The first kappa shape index (κ1) is 23.6. The predicted molar refractivity (Wildman–Crippen MR) is 141 cm³/mol. The van der Waals surface area contributed by atoms with Crippen LogP contribution in [0.3, 0.4) is 0 Å². The number of hydrogen-bond donors (Lipinski definition) is 1. The Morgan fingerprint density at radius 2 is 1.56 bits per heavy atom. The SMILES string of the molecule is CCCCCn1nc(CCc2ccccc2)nc1Cc1ccc(-c2ccccc2-c2nnn[nH]2)cc1. The summed E-state index contributed by atoms with van der Waals surface area (Å²) in [6.45, 7) is 3.14. The van der Waals surface area contributed by atoms with E-state index in [0.717, 1.165) is 60.6 Å². The van der Waals surface area contributed by atoms with Crippen LogP contribution in [0.4, 0.5) is 0 Å². The molecule has 0 spiro atoms. The van der Waals surface area contributed by atoms with Crippen molar-refractivity contribution in [3.8, 4) is 22.5 Å². The smallest absolute Gasteiger partial charge is 0.180 e. The van der Waals surface area contributed by atoms with Crippen LogP contribution in [0.2, 0.25) is 0 Å². The number of aryl methyl sites for hydroxylation is 3. The van der Waals surface area contributed by atoms with E-state index in [2.05, 4.69) is 92.9 Å². The number of rotatable bonds is 11. The van der Waals surface area contributed by atoms with Gasteiger partial charge < -0.3 is 0 Å². The van der Waals surface area contributed by atoms with Crippen molar-refractivity contribution in [3.05, 3.63) is 102 Å². The fraction of sp³-hybridized carbons (Fsp3) is 0.276. The second-order valence-electron chi connectivity index (χ2n) is 9.03. The molecule has 0 saturated heterocycles. The average molecular weight is 478 g/mol. The van der Waals surface area contributed by atoms with Gasteiger partial charge in [0.05, 0.1) is 0 Å². The Kier molecular flexibility index (Phi) is 7.56. The van der Waals surface area contributed by atoms with E-state index in [1.165, 1.54) is 24.0 Å². The number of H-pyrrole nitrogens is 1. The van der Waals surface area contributed by atoms with E-state index in [9.17, 15) is 0 Å². The van der Waals surface area contributed by atoms with Gasteiger partial charge >= 0.3 is 0 Å². The maximum absolute atomic E-state index is 4.95. The molecule has 0 aliphatic rings. The lowest BCUT2D eigenvalue weighted by Gasteiger charge is -2.09.